The molecule has 1 N–H and O–H groups in total. The Kier molecular flexibility index (Phi) is 2.59. The van der Waals surface area contributed by atoms with Crippen LogP contribution < -0.4 is 0 Å². The summed E-state index contributed by atoms with van der Waals surface area (Å²) in [4.78, 5) is 25.3. The molecule has 0 radical (unpaired) electrons. The number of aliphatic hydroxyl groups excluding tert-OH is 1. The van der Waals surface area contributed by atoms with Crippen LogP contribution in [0.1, 0.15) is 27.6 Å². The van der Waals surface area contributed by atoms with Crippen LogP contribution in [-0.4, -0.2) is 34.0 Å². The normalized spacial score (nSPS) is 17.9. The molecule has 2 amide bonds. The third-order valence-electron chi connectivity index (χ3n) is 3.06. The van der Waals surface area contributed by atoms with Gasteiger partial charge in [0, 0.05) is 0 Å². The molecule has 1 aromatic rings. The van der Waals surface area contributed by atoms with Crippen molar-refractivity contribution in [3.63, 3.8) is 0 Å². The van der Waals surface area contributed by atoms with E-state index in [0.717, 1.165) is 4.90 Å². The first-order valence-electron chi connectivity index (χ1n) is 5.27. The number of aliphatic hydroxyl groups is 1. The number of rotatable bonds is 3. The molecule has 4 nitrogen and oxygen atoms in total. The van der Waals surface area contributed by atoms with E-state index in [9.17, 15) is 14.7 Å². The summed E-state index contributed by atoms with van der Waals surface area (Å²) < 4.78 is 0. The van der Waals surface area contributed by atoms with Gasteiger partial charge in [0.1, 0.15) is 0 Å². The van der Waals surface area contributed by atoms with Gasteiger partial charge in [-0.2, -0.15) is 0 Å². The lowest BCUT2D eigenvalue weighted by molar-refractivity contribution is 0.0418. The Balaban J connectivity index is 2.53. The zero-order valence-electron chi connectivity index (χ0n) is 9.51. The smallest absolute Gasteiger partial charge is 0.262 e. The summed E-state index contributed by atoms with van der Waals surface area (Å²) in [5.74, 6) is -0.774. The van der Waals surface area contributed by atoms with Crippen molar-refractivity contribution >= 4 is 11.8 Å². The highest BCUT2D eigenvalue weighted by molar-refractivity contribution is 6.22. The predicted octanol–water partition coefficient (Wildman–Crippen LogP) is 1.22. The average Bonchev–Trinajstić information content (AvgIpc) is 2.62. The molecule has 0 saturated heterocycles. The zero-order valence-corrected chi connectivity index (χ0v) is 9.51. The minimum atomic E-state index is -1.06. The highest BCUT2D eigenvalue weighted by Crippen LogP contribution is 2.29. The Hall–Kier alpha value is -1.94. The second-order valence-electron chi connectivity index (χ2n) is 4.21. The fourth-order valence-corrected chi connectivity index (χ4v) is 1.88. The summed E-state index contributed by atoms with van der Waals surface area (Å²) in [6.07, 6.45) is 1.41. The lowest BCUT2D eigenvalue weighted by atomic mass is 10.0. The molecule has 0 spiro atoms. The van der Waals surface area contributed by atoms with Crippen LogP contribution in [0.2, 0.25) is 0 Å². The Labute approximate surface area is 99.2 Å². The van der Waals surface area contributed by atoms with Crippen molar-refractivity contribution in [3.8, 4) is 0 Å². The van der Waals surface area contributed by atoms with E-state index in [-0.39, 0.29) is 18.4 Å². The van der Waals surface area contributed by atoms with Crippen LogP contribution in [0.25, 0.3) is 0 Å². The van der Waals surface area contributed by atoms with Crippen LogP contribution >= 0.6 is 0 Å². The predicted molar refractivity (Wildman–Crippen MR) is 62.6 cm³/mol. The highest BCUT2D eigenvalue weighted by Gasteiger charge is 2.44. The summed E-state index contributed by atoms with van der Waals surface area (Å²) in [6, 6.07) is 6.63. The summed E-state index contributed by atoms with van der Waals surface area (Å²) in [6.45, 7) is 4.83. The first-order chi connectivity index (χ1) is 8.05. The van der Waals surface area contributed by atoms with Crippen LogP contribution in [0, 0.1) is 0 Å². The standard InChI is InChI=1S/C13H13NO3/c1-3-13(2,8-15)14-11(16)9-6-4-5-7-10(9)12(14)17/h3-7,15H,1,8H2,2H3/t13-/m0/s1. The highest BCUT2D eigenvalue weighted by atomic mass is 16.3. The van der Waals surface area contributed by atoms with Gasteiger partial charge >= 0.3 is 0 Å². The summed E-state index contributed by atoms with van der Waals surface area (Å²) in [5, 5.41) is 9.34. The minimum Gasteiger partial charge on any atom is -0.394 e. The van der Waals surface area contributed by atoms with E-state index in [1.54, 1.807) is 31.2 Å². The van der Waals surface area contributed by atoms with Gasteiger partial charge in [0.2, 0.25) is 0 Å². The van der Waals surface area contributed by atoms with E-state index in [0.29, 0.717) is 11.1 Å². The van der Waals surface area contributed by atoms with Crippen LogP contribution in [0.5, 0.6) is 0 Å². The van der Waals surface area contributed by atoms with E-state index < -0.39 is 5.54 Å². The van der Waals surface area contributed by atoms with Crippen LogP contribution in [-0.2, 0) is 0 Å². The van der Waals surface area contributed by atoms with Crippen molar-refractivity contribution in [2.75, 3.05) is 6.61 Å². The molecule has 0 aliphatic carbocycles. The number of imide groups is 1. The van der Waals surface area contributed by atoms with Crippen LogP contribution in [0.15, 0.2) is 36.9 Å². The topological polar surface area (TPSA) is 57.6 Å². The van der Waals surface area contributed by atoms with Crippen molar-refractivity contribution in [1.29, 1.82) is 0 Å². The maximum absolute atomic E-state index is 12.1. The molecule has 0 aromatic heterocycles. The van der Waals surface area contributed by atoms with Gasteiger partial charge in [0.05, 0.1) is 23.3 Å². The van der Waals surface area contributed by atoms with Gasteiger partial charge in [-0.1, -0.05) is 18.2 Å². The third-order valence-corrected chi connectivity index (χ3v) is 3.06. The molecule has 0 bridgehead atoms. The monoisotopic (exact) mass is 231 g/mol. The van der Waals surface area contributed by atoms with Crippen LogP contribution in [0.3, 0.4) is 0 Å². The Morgan fingerprint density at radius 3 is 2.12 bits per heavy atom. The molecule has 0 fully saturated rings. The number of hydrogen-bond acceptors (Lipinski definition) is 3. The molecular weight excluding hydrogens is 218 g/mol. The molecular formula is C13H13NO3. The van der Waals surface area contributed by atoms with Gasteiger partial charge < -0.3 is 5.11 Å². The average molecular weight is 231 g/mol. The van der Waals surface area contributed by atoms with E-state index in [1.807, 2.05) is 0 Å². The molecule has 1 aliphatic heterocycles. The maximum Gasteiger partial charge on any atom is 0.262 e. The Morgan fingerprint density at radius 2 is 1.76 bits per heavy atom. The Bertz CT molecular complexity index is 474. The molecule has 1 aromatic carbocycles. The summed E-state index contributed by atoms with van der Waals surface area (Å²) in [5.41, 5.74) is -0.314. The van der Waals surface area contributed by atoms with E-state index in [4.69, 9.17) is 0 Å². The maximum atomic E-state index is 12.1. The second kappa shape index (κ2) is 3.82. The zero-order chi connectivity index (χ0) is 12.6. The number of nitrogens with zero attached hydrogens (tertiary/aromatic N) is 1. The first kappa shape index (κ1) is 11.5. The van der Waals surface area contributed by atoms with Crippen LogP contribution in [0.4, 0.5) is 0 Å². The van der Waals surface area contributed by atoms with Gasteiger partial charge in [-0.05, 0) is 19.1 Å². The van der Waals surface area contributed by atoms with Gasteiger partial charge in [-0.3, -0.25) is 14.5 Å². The third kappa shape index (κ3) is 1.49. The van der Waals surface area contributed by atoms with Crippen molar-refractivity contribution in [2.24, 2.45) is 0 Å². The van der Waals surface area contributed by atoms with Gasteiger partial charge in [-0.15, -0.1) is 6.58 Å². The lowest BCUT2D eigenvalue weighted by Crippen LogP contribution is -2.50. The summed E-state index contributed by atoms with van der Waals surface area (Å²) >= 11 is 0. The quantitative estimate of drug-likeness (QED) is 0.628. The van der Waals surface area contributed by atoms with Gasteiger partial charge in [-0.25, -0.2) is 0 Å². The van der Waals surface area contributed by atoms with E-state index in [2.05, 4.69) is 6.58 Å². The van der Waals surface area contributed by atoms with Crippen molar-refractivity contribution in [2.45, 2.75) is 12.5 Å². The fourth-order valence-electron chi connectivity index (χ4n) is 1.88. The second-order valence-corrected chi connectivity index (χ2v) is 4.21. The summed E-state index contributed by atoms with van der Waals surface area (Å²) in [7, 11) is 0. The largest absolute Gasteiger partial charge is 0.394 e. The molecule has 4 heteroatoms. The number of benzene rings is 1. The Morgan fingerprint density at radius 1 is 1.29 bits per heavy atom. The van der Waals surface area contributed by atoms with E-state index in [1.165, 1.54) is 6.08 Å². The minimum absolute atomic E-state index is 0.345. The molecule has 1 atom stereocenters. The number of fused-ring (bicyclic) bond motifs is 1. The molecule has 88 valence electrons. The number of amides is 2. The first-order valence-corrected chi connectivity index (χ1v) is 5.27. The van der Waals surface area contributed by atoms with E-state index >= 15 is 0 Å². The SMILES string of the molecule is C=C[C@@](C)(CO)N1C(=O)c2ccccc2C1=O. The molecule has 17 heavy (non-hydrogen) atoms. The molecule has 0 saturated carbocycles. The number of carbonyl (C=O) groups excluding carboxylic acids is 2. The fraction of sp³-hybridized carbons (Fsp3) is 0.231. The van der Waals surface area contributed by atoms with Crippen molar-refractivity contribution < 1.29 is 14.7 Å². The molecule has 2 rings (SSSR count). The molecule has 0 unspecified atom stereocenters. The van der Waals surface area contributed by atoms with Crippen molar-refractivity contribution in [1.82, 2.24) is 4.90 Å². The lowest BCUT2D eigenvalue weighted by Gasteiger charge is -2.32. The van der Waals surface area contributed by atoms with Gasteiger partial charge in [0.15, 0.2) is 0 Å². The number of hydrogen-bond donors (Lipinski definition) is 1. The molecule has 1 heterocycles. The molecule has 1 aliphatic rings. The van der Waals surface area contributed by atoms with Gasteiger partial charge in [0.25, 0.3) is 11.8 Å². The number of carbonyl (C=O) groups is 2. The van der Waals surface area contributed by atoms with Crippen molar-refractivity contribution in [3.05, 3.63) is 48.0 Å².